The van der Waals surface area contributed by atoms with E-state index in [9.17, 15) is 24.5 Å². The number of nitrogens with zero attached hydrogens (tertiary/aromatic N) is 5. The standard InChI is InChI=1S/C41H35N5O5S3/c1-22-9-12-27(17-24(22)3)42-40-45(28-13-10-23(2)25(4)18-28)39(49)36(52-40)20-26-11-16-34(33(19-26)46(50)51)53-41-43-32-15-14-29(21-35(32)54-41)44-37(47)30-7-5-6-8-31(30)38(44)48/h9-21,30-31H,5-8H2,1-4H3/b36-20-,42-40?/t30-,31-/m0/s1. The van der Waals surface area contributed by atoms with Gasteiger partial charge in [-0.1, -0.05) is 42.8 Å². The summed E-state index contributed by atoms with van der Waals surface area (Å²) in [4.78, 5) is 65.7. The number of carbonyl (C=O) groups excluding carboxylic acids is 3. The van der Waals surface area contributed by atoms with Crippen LogP contribution in [0.4, 0.5) is 22.7 Å². The Balaban J connectivity index is 1.08. The Hall–Kier alpha value is -5.11. The summed E-state index contributed by atoms with van der Waals surface area (Å²) < 4.78 is 1.36. The number of nitro benzene ring substituents is 1. The van der Waals surface area contributed by atoms with Gasteiger partial charge in [-0.2, -0.15) is 0 Å². The maximum Gasteiger partial charge on any atom is 0.283 e. The van der Waals surface area contributed by atoms with Crippen LogP contribution in [0.1, 0.15) is 53.5 Å². The number of aryl methyl sites for hydroxylation is 4. The molecule has 2 atom stereocenters. The van der Waals surface area contributed by atoms with E-state index in [1.807, 2.05) is 70.2 Å². The van der Waals surface area contributed by atoms with Gasteiger partial charge < -0.3 is 0 Å². The van der Waals surface area contributed by atoms with Crippen LogP contribution in [0.25, 0.3) is 16.3 Å². The smallest absolute Gasteiger partial charge is 0.274 e. The molecule has 2 saturated heterocycles. The number of imide groups is 1. The van der Waals surface area contributed by atoms with E-state index in [1.165, 1.54) is 45.8 Å². The molecule has 2 aliphatic heterocycles. The third kappa shape index (κ3) is 6.65. The van der Waals surface area contributed by atoms with Crippen molar-refractivity contribution in [3.63, 3.8) is 0 Å². The average molecular weight is 774 g/mol. The van der Waals surface area contributed by atoms with Gasteiger partial charge in [0.2, 0.25) is 11.8 Å². The predicted octanol–water partition coefficient (Wildman–Crippen LogP) is 10.1. The molecule has 1 aromatic heterocycles. The second kappa shape index (κ2) is 14.3. The van der Waals surface area contributed by atoms with Gasteiger partial charge in [0.15, 0.2) is 9.51 Å². The summed E-state index contributed by atoms with van der Waals surface area (Å²) >= 11 is 3.75. The molecule has 3 amide bonds. The van der Waals surface area contributed by atoms with E-state index in [1.54, 1.807) is 35.2 Å². The van der Waals surface area contributed by atoms with Crippen molar-refractivity contribution in [3.8, 4) is 0 Å². The van der Waals surface area contributed by atoms with Crippen LogP contribution in [-0.4, -0.2) is 32.8 Å². The van der Waals surface area contributed by atoms with E-state index in [2.05, 4.69) is 0 Å². The maximum absolute atomic E-state index is 14.0. The summed E-state index contributed by atoms with van der Waals surface area (Å²) in [7, 11) is 0. The van der Waals surface area contributed by atoms with Crippen molar-refractivity contribution in [2.24, 2.45) is 16.8 Å². The van der Waals surface area contributed by atoms with Crippen molar-refractivity contribution in [2.45, 2.75) is 62.6 Å². The highest BCUT2D eigenvalue weighted by molar-refractivity contribution is 8.19. The highest BCUT2D eigenvalue weighted by Gasteiger charge is 2.48. The maximum atomic E-state index is 14.0. The van der Waals surface area contributed by atoms with Crippen LogP contribution in [0.5, 0.6) is 0 Å². The third-order valence-corrected chi connectivity index (χ3v) is 13.5. The Bertz CT molecular complexity index is 2470. The molecule has 8 rings (SSSR count). The molecule has 272 valence electrons. The molecule has 0 unspecified atom stereocenters. The lowest BCUT2D eigenvalue weighted by Gasteiger charge is -2.19. The number of aromatic nitrogens is 1. The van der Waals surface area contributed by atoms with Gasteiger partial charge in [0, 0.05) is 6.07 Å². The lowest BCUT2D eigenvalue weighted by Crippen LogP contribution is -2.30. The summed E-state index contributed by atoms with van der Waals surface area (Å²) in [5.41, 5.74) is 7.40. The van der Waals surface area contributed by atoms with Crippen molar-refractivity contribution in [2.75, 3.05) is 9.80 Å². The summed E-state index contributed by atoms with van der Waals surface area (Å²) in [5.74, 6) is -1.01. The molecule has 3 heterocycles. The number of anilines is 2. The predicted molar refractivity (Wildman–Crippen MR) is 217 cm³/mol. The van der Waals surface area contributed by atoms with E-state index in [4.69, 9.17) is 9.98 Å². The van der Waals surface area contributed by atoms with Gasteiger partial charge in [0.25, 0.3) is 11.6 Å². The normalized spacial score (nSPS) is 20.2. The Morgan fingerprint density at radius 1 is 0.815 bits per heavy atom. The van der Waals surface area contributed by atoms with Crippen molar-refractivity contribution in [1.82, 2.24) is 4.98 Å². The number of carbonyl (C=O) groups is 3. The highest BCUT2D eigenvalue weighted by atomic mass is 32.2. The van der Waals surface area contributed by atoms with E-state index in [0.717, 1.165) is 58.3 Å². The van der Waals surface area contributed by atoms with Crippen LogP contribution in [-0.2, 0) is 14.4 Å². The number of benzene rings is 4. The molecule has 3 fully saturated rings. The number of amidine groups is 1. The minimum Gasteiger partial charge on any atom is -0.274 e. The first kappa shape index (κ1) is 35.9. The number of thioether (sulfide) groups is 1. The number of hydrogen-bond donors (Lipinski definition) is 0. The van der Waals surface area contributed by atoms with Gasteiger partial charge in [-0.3, -0.25) is 34.3 Å². The van der Waals surface area contributed by atoms with E-state index < -0.39 is 4.92 Å². The average Bonchev–Trinajstić information content (AvgIpc) is 3.77. The SMILES string of the molecule is Cc1ccc(N=C2S/C(=C\c3ccc(Sc4nc5ccc(N6C(=O)[C@H]7CCCC[C@@H]7C6=O)cc5s4)c([N+](=O)[O-])c3)C(=O)N2c2ccc(C)c(C)c2)cc1C. The van der Waals surface area contributed by atoms with Crippen LogP contribution in [0.15, 0.2) is 91.9 Å². The van der Waals surface area contributed by atoms with Crippen molar-refractivity contribution < 1.29 is 19.3 Å². The molecule has 3 aliphatic rings. The van der Waals surface area contributed by atoms with Gasteiger partial charge >= 0.3 is 0 Å². The molecule has 0 bridgehead atoms. The molecule has 13 heteroatoms. The number of fused-ring (bicyclic) bond motifs is 2. The molecule has 10 nitrogen and oxygen atoms in total. The monoisotopic (exact) mass is 773 g/mol. The zero-order valence-electron chi connectivity index (χ0n) is 30.0. The van der Waals surface area contributed by atoms with E-state index in [0.29, 0.717) is 41.8 Å². The minimum absolute atomic E-state index is 0.115. The quantitative estimate of drug-likeness (QED) is 0.0693. The molecule has 1 saturated carbocycles. The minimum atomic E-state index is -0.433. The van der Waals surface area contributed by atoms with Crippen molar-refractivity contribution >= 4 is 96.8 Å². The van der Waals surface area contributed by atoms with Crippen LogP contribution in [0.3, 0.4) is 0 Å². The molecular weight excluding hydrogens is 739 g/mol. The van der Waals surface area contributed by atoms with Crippen LogP contribution in [0, 0.1) is 49.6 Å². The van der Waals surface area contributed by atoms with Gasteiger partial charge in [-0.15, -0.1) is 11.3 Å². The van der Waals surface area contributed by atoms with E-state index >= 15 is 0 Å². The Labute approximate surface area is 324 Å². The summed E-state index contributed by atoms with van der Waals surface area (Å²) in [6.45, 7) is 8.07. The second-order valence-electron chi connectivity index (χ2n) is 13.9. The molecule has 0 N–H and O–H groups in total. The van der Waals surface area contributed by atoms with Crippen molar-refractivity contribution in [1.29, 1.82) is 0 Å². The largest absolute Gasteiger partial charge is 0.283 e. The van der Waals surface area contributed by atoms with E-state index in [-0.39, 0.29) is 35.2 Å². The fourth-order valence-corrected chi connectivity index (χ4v) is 10.3. The Morgan fingerprint density at radius 3 is 2.17 bits per heavy atom. The molecule has 1 aliphatic carbocycles. The Kier molecular flexibility index (Phi) is 9.49. The van der Waals surface area contributed by atoms with Crippen molar-refractivity contribution in [3.05, 3.63) is 116 Å². The first-order valence-corrected chi connectivity index (χ1v) is 20.1. The summed E-state index contributed by atoms with van der Waals surface area (Å²) in [6.07, 6.45) is 5.07. The molecular formula is C41H35N5O5S3. The third-order valence-electron chi connectivity index (χ3n) is 10.4. The number of aliphatic imine (C=N–C) groups is 1. The van der Waals surface area contributed by atoms with Crippen LogP contribution in [0.2, 0.25) is 0 Å². The molecule has 4 aromatic carbocycles. The number of rotatable bonds is 7. The number of nitro groups is 1. The fourth-order valence-electron chi connectivity index (χ4n) is 7.14. The first-order valence-electron chi connectivity index (χ1n) is 17.7. The summed E-state index contributed by atoms with van der Waals surface area (Å²) in [6, 6.07) is 22.0. The van der Waals surface area contributed by atoms with Crippen LogP contribution >= 0.6 is 34.9 Å². The molecule has 0 spiro atoms. The topological polar surface area (TPSA) is 126 Å². The molecule has 0 radical (unpaired) electrons. The first-order chi connectivity index (χ1) is 25.9. The van der Waals surface area contributed by atoms with Gasteiger partial charge in [0.05, 0.1) is 53.8 Å². The molecule has 5 aromatic rings. The fraction of sp³-hybridized carbons (Fsp3) is 0.244. The number of hydrogen-bond acceptors (Lipinski definition) is 10. The zero-order valence-corrected chi connectivity index (χ0v) is 32.4. The van der Waals surface area contributed by atoms with Gasteiger partial charge in [-0.05, 0) is 135 Å². The zero-order chi connectivity index (χ0) is 37.8. The number of thiazole rings is 1. The highest BCUT2D eigenvalue weighted by Crippen LogP contribution is 2.44. The molecule has 54 heavy (non-hydrogen) atoms. The second-order valence-corrected chi connectivity index (χ2v) is 17.2. The Morgan fingerprint density at radius 2 is 1.48 bits per heavy atom. The summed E-state index contributed by atoms with van der Waals surface area (Å²) in [5, 5.41) is 12.9. The van der Waals surface area contributed by atoms with Gasteiger partial charge in [0.1, 0.15) is 0 Å². The van der Waals surface area contributed by atoms with Crippen LogP contribution < -0.4 is 9.80 Å². The van der Waals surface area contributed by atoms with Gasteiger partial charge in [-0.25, -0.2) is 9.98 Å². The number of amides is 3. The lowest BCUT2D eigenvalue weighted by atomic mass is 9.81. The lowest BCUT2D eigenvalue weighted by molar-refractivity contribution is -0.387.